The van der Waals surface area contributed by atoms with Crippen LogP contribution < -0.4 is 4.90 Å². The van der Waals surface area contributed by atoms with E-state index in [-0.39, 0.29) is 27.7 Å². The van der Waals surface area contributed by atoms with Crippen molar-refractivity contribution in [2.45, 2.75) is 38.5 Å². The molecule has 6 aromatic carbocycles. The molecule has 0 unspecified atom stereocenters. The second-order valence-electron chi connectivity index (χ2n) is 15.0. The zero-order chi connectivity index (χ0) is 36.1. The SMILES string of the molecule is CC1(C)c2ccccc2-c2ccc(N3c4ccc(/C=C5/C(=O)c6ccc(C(=O)O)cc6C5=O)cc4C(C)(C)c4cc(-c5ccccc5)ccc43)cc21. The van der Waals surface area contributed by atoms with E-state index in [1.165, 1.54) is 40.5 Å². The van der Waals surface area contributed by atoms with Crippen LogP contribution >= 0.6 is 0 Å². The van der Waals surface area contributed by atoms with Crippen LogP contribution in [0.1, 0.15) is 86.6 Å². The van der Waals surface area contributed by atoms with Crippen LogP contribution in [0.15, 0.2) is 133 Å². The molecule has 0 bridgehead atoms. The number of carboxylic acids is 1. The van der Waals surface area contributed by atoms with Crippen molar-refractivity contribution in [2.24, 2.45) is 0 Å². The van der Waals surface area contributed by atoms with Crippen LogP contribution in [-0.4, -0.2) is 22.6 Å². The first-order valence-corrected chi connectivity index (χ1v) is 17.5. The molecule has 52 heavy (non-hydrogen) atoms. The maximum Gasteiger partial charge on any atom is 0.335 e. The molecule has 0 amide bonds. The number of Topliss-reactive ketones (excluding diaryl/α,β-unsaturated/α-hetero) is 2. The second-order valence-corrected chi connectivity index (χ2v) is 15.0. The Morgan fingerprint density at radius 1 is 0.558 bits per heavy atom. The molecule has 0 spiro atoms. The summed E-state index contributed by atoms with van der Waals surface area (Å²) in [7, 11) is 0. The lowest BCUT2D eigenvalue weighted by atomic mass is 9.72. The number of anilines is 3. The van der Waals surface area contributed by atoms with E-state index in [0.29, 0.717) is 0 Å². The Kier molecular flexibility index (Phi) is 6.74. The predicted molar refractivity (Wildman–Crippen MR) is 206 cm³/mol. The molecule has 2 aliphatic carbocycles. The predicted octanol–water partition coefficient (Wildman–Crippen LogP) is 10.9. The minimum absolute atomic E-state index is 0.0240. The van der Waals surface area contributed by atoms with E-state index >= 15 is 0 Å². The number of carbonyl (C=O) groups excluding carboxylic acids is 2. The fourth-order valence-electron chi connectivity index (χ4n) is 8.52. The van der Waals surface area contributed by atoms with Gasteiger partial charge in [0.15, 0.2) is 11.6 Å². The van der Waals surface area contributed by atoms with Gasteiger partial charge in [-0.1, -0.05) is 100 Å². The number of rotatable bonds is 4. The molecular weight excluding hydrogens is 643 g/mol. The second kappa shape index (κ2) is 11.1. The Balaban J connectivity index is 1.21. The first-order chi connectivity index (χ1) is 24.9. The number of fused-ring (bicyclic) bond motifs is 6. The molecule has 1 heterocycles. The van der Waals surface area contributed by atoms with Crippen LogP contribution in [0, 0.1) is 0 Å². The Labute approximate surface area is 302 Å². The van der Waals surface area contributed by atoms with Gasteiger partial charge in [-0.2, -0.15) is 0 Å². The van der Waals surface area contributed by atoms with Gasteiger partial charge in [0.05, 0.1) is 22.5 Å². The van der Waals surface area contributed by atoms with Gasteiger partial charge < -0.3 is 10.0 Å². The highest BCUT2D eigenvalue weighted by Crippen LogP contribution is 2.55. The van der Waals surface area contributed by atoms with Crippen LogP contribution in [0.4, 0.5) is 17.1 Å². The first-order valence-electron chi connectivity index (χ1n) is 17.5. The summed E-state index contributed by atoms with van der Waals surface area (Å²) in [6, 6.07) is 42.8. The topological polar surface area (TPSA) is 74.7 Å². The maximum absolute atomic E-state index is 13.5. The number of nitrogens with zero attached hydrogens (tertiary/aromatic N) is 1. The van der Waals surface area contributed by atoms with Gasteiger partial charge in [-0.15, -0.1) is 0 Å². The monoisotopic (exact) mass is 677 g/mol. The van der Waals surface area contributed by atoms with Crippen LogP contribution in [0.25, 0.3) is 28.3 Å². The summed E-state index contributed by atoms with van der Waals surface area (Å²) in [5, 5.41) is 9.48. The van der Waals surface area contributed by atoms with Crippen LogP contribution in [0.3, 0.4) is 0 Å². The first kappa shape index (κ1) is 31.6. The fraction of sp³-hybridized carbons (Fsp3) is 0.128. The molecule has 3 aliphatic rings. The number of allylic oxidation sites excluding steroid dienone is 1. The lowest BCUT2D eigenvalue weighted by Gasteiger charge is -2.42. The van der Waals surface area contributed by atoms with Gasteiger partial charge in [0.25, 0.3) is 0 Å². The van der Waals surface area contributed by atoms with Gasteiger partial charge in [-0.25, -0.2) is 4.79 Å². The quantitative estimate of drug-likeness (QED) is 0.148. The maximum atomic E-state index is 13.5. The number of benzene rings is 6. The van der Waals surface area contributed by atoms with Crippen LogP contribution in [-0.2, 0) is 10.8 Å². The van der Waals surface area contributed by atoms with E-state index in [2.05, 4.69) is 130 Å². The summed E-state index contributed by atoms with van der Waals surface area (Å²) >= 11 is 0. The summed E-state index contributed by atoms with van der Waals surface area (Å²) in [4.78, 5) is 40.9. The summed E-state index contributed by atoms with van der Waals surface area (Å²) in [6.07, 6.45) is 1.65. The van der Waals surface area contributed by atoms with Crippen molar-refractivity contribution in [3.63, 3.8) is 0 Å². The third-order valence-corrected chi connectivity index (χ3v) is 11.3. The van der Waals surface area contributed by atoms with Crippen molar-refractivity contribution in [1.29, 1.82) is 0 Å². The standard InChI is InChI=1S/C47H35NO4/c1-46(2)37-13-9-8-12-32(37)33-19-17-31(26-38(33)46)48-41-20-14-27(22-36-43(49)34-18-15-30(45(51)52)24-35(34)44(36)50)23-39(41)47(3,4)40-25-29(16-21-42(40)48)28-10-6-5-7-11-28/h5-26H,1-4H3,(H,51,52)/b36-22-. The Bertz CT molecular complexity index is 2590. The number of carbonyl (C=O) groups is 3. The van der Waals surface area contributed by atoms with Crippen molar-refractivity contribution >= 4 is 40.7 Å². The van der Waals surface area contributed by atoms with Gasteiger partial charge in [0.1, 0.15) is 0 Å². The Morgan fingerprint density at radius 2 is 1.19 bits per heavy atom. The number of ketones is 2. The summed E-state index contributed by atoms with van der Waals surface area (Å²) < 4.78 is 0. The molecule has 0 saturated carbocycles. The molecular formula is C47H35NO4. The van der Waals surface area contributed by atoms with E-state index in [1.807, 2.05) is 12.1 Å². The molecule has 0 radical (unpaired) electrons. The zero-order valence-corrected chi connectivity index (χ0v) is 29.3. The third kappa shape index (κ3) is 4.52. The highest BCUT2D eigenvalue weighted by atomic mass is 16.4. The van der Waals surface area contributed by atoms with Crippen LogP contribution in [0.2, 0.25) is 0 Å². The smallest absolute Gasteiger partial charge is 0.335 e. The fourth-order valence-corrected chi connectivity index (χ4v) is 8.52. The average molecular weight is 678 g/mol. The van der Waals surface area contributed by atoms with Crippen molar-refractivity contribution < 1.29 is 19.5 Å². The molecule has 6 aromatic rings. The normalized spacial score (nSPS) is 16.6. The molecule has 1 N–H and O–H groups in total. The highest BCUT2D eigenvalue weighted by molar-refractivity contribution is 6.41. The van der Waals surface area contributed by atoms with E-state index in [9.17, 15) is 19.5 Å². The average Bonchev–Trinajstić information content (AvgIpc) is 3.53. The van der Waals surface area contributed by atoms with Crippen LogP contribution in [0.5, 0.6) is 0 Å². The number of hydrogen-bond acceptors (Lipinski definition) is 4. The Morgan fingerprint density at radius 3 is 1.96 bits per heavy atom. The third-order valence-electron chi connectivity index (χ3n) is 11.3. The van der Waals surface area contributed by atoms with Gasteiger partial charge in [0.2, 0.25) is 0 Å². The summed E-state index contributed by atoms with van der Waals surface area (Å²) in [5.74, 6) is -1.99. The minimum Gasteiger partial charge on any atom is -0.478 e. The zero-order valence-electron chi connectivity index (χ0n) is 29.3. The van der Waals surface area contributed by atoms with Gasteiger partial charge in [-0.05, 0) is 111 Å². The molecule has 0 aromatic heterocycles. The largest absolute Gasteiger partial charge is 0.478 e. The molecule has 5 nitrogen and oxygen atoms in total. The highest BCUT2D eigenvalue weighted by Gasteiger charge is 2.40. The molecule has 0 fully saturated rings. The molecule has 0 atom stereocenters. The molecule has 9 rings (SSSR count). The summed E-state index contributed by atoms with van der Waals surface area (Å²) in [5.41, 5.74) is 13.3. The van der Waals surface area contributed by atoms with E-state index in [4.69, 9.17) is 0 Å². The van der Waals surface area contributed by atoms with Gasteiger partial charge in [0, 0.05) is 27.6 Å². The minimum atomic E-state index is -1.14. The van der Waals surface area contributed by atoms with Crippen molar-refractivity contribution in [1.82, 2.24) is 0 Å². The Hall–Kier alpha value is -6.33. The van der Waals surface area contributed by atoms with E-state index in [0.717, 1.165) is 44.9 Å². The van der Waals surface area contributed by atoms with Gasteiger partial charge >= 0.3 is 5.97 Å². The lowest BCUT2D eigenvalue weighted by molar-refractivity contribution is 0.0696. The van der Waals surface area contributed by atoms with E-state index in [1.54, 1.807) is 6.08 Å². The van der Waals surface area contributed by atoms with Crippen molar-refractivity contribution in [3.8, 4) is 22.3 Å². The van der Waals surface area contributed by atoms with Crippen molar-refractivity contribution in [3.05, 3.63) is 177 Å². The molecule has 1 aliphatic heterocycles. The summed E-state index contributed by atoms with van der Waals surface area (Å²) in [6.45, 7) is 9.04. The lowest BCUT2D eigenvalue weighted by Crippen LogP contribution is -2.31. The molecule has 0 saturated heterocycles. The van der Waals surface area contributed by atoms with Crippen molar-refractivity contribution in [2.75, 3.05) is 4.90 Å². The number of aromatic carboxylic acids is 1. The van der Waals surface area contributed by atoms with E-state index < -0.39 is 23.0 Å². The molecule has 252 valence electrons. The number of hydrogen-bond donors (Lipinski definition) is 1. The molecule has 5 heteroatoms. The van der Waals surface area contributed by atoms with Gasteiger partial charge in [-0.3, -0.25) is 9.59 Å². The number of carboxylic acid groups (broad SMARTS) is 1.